The van der Waals surface area contributed by atoms with Gasteiger partial charge in [-0.05, 0) is 24.6 Å². The summed E-state index contributed by atoms with van der Waals surface area (Å²) in [5, 5.41) is 21.4. The Labute approximate surface area is 146 Å². The number of nitrogens with one attached hydrogen (secondary N) is 1. The average molecular weight is 336 g/mol. The van der Waals surface area contributed by atoms with Gasteiger partial charge in [-0.2, -0.15) is 15.0 Å². The zero-order chi connectivity index (χ0) is 17.6. The lowest BCUT2D eigenvalue weighted by molar-refractivity contribution is 0.0697. The van der Waals surface area contributed by atoms with E-state index in [9.17, 15) is 4.79 Å². The number of carboxylic acid groups (broad SMARTS) is 1. The molecule has 25 heavy (non-hydrogen) atoms. The normalized spacial score (nSPS) is 10.8. The Kier molecular flexibility index (Phi) is 5.20. The first-order valence-corrected chi connectivity index (χ1v) is 8.19. The van der Waals surface area contributed by atoms with Crippen molar-refractivity contribution >= 4 is 5.97 Å². The lowest BCUT2D eigenvalue weighted by atomic mass is 10.1. The maximum atomic E-state index is 10.9. The molecule has 0 saturated carbocycles. The predicted octanol–water partition coefficient (Wildman–Crippen LogP) is 2.95. The quantitative estimate of drug-likeness (QED) is 0.693. The van der Waals surface area contributed by atoms with Crippen molar-refractivity contribution in [3.63, 3.8) is 0 Å². The molecule has 0 aliphatic carbocycles. The standard InChI is InChI=1S/C19H20N4O2/c1-2-23-21-17(18(22-23)15-6-4-3-5-7-15)13-20-12-14-8-10-16(11-9-14)19(24)25/h3-11,20H,2,12-13H2,1H3,(H,24,25). The molecule has 3 aromatic rings. The minimum Gasteiger partial charge on any atom is -0.478 e. The number of aromatic carboxylic acids is 1. The van der Waals surface area contributed by atoms with Gasteiger partial charge in [-0.15, -0.1) is 0 Å². The van der Waals surface area contributed by atoms with Crippen LogP contribution in [-0.4, -0.2) is 26.1 Å². The Morgan fingerprint density at radius 2 is 1.76 bits per heavy atom. The van der Waals surface area contributed by atoms with Crippen LogP contribution in [0, 0.1) is 0 Å². The second-order valence-corrected chi connectivity index (χ2v) is 5.66. The fourth-order valence-corrected chi connectivity index (χ4v) is 2.55. The summed E-state index contributed by atoms with van der Waals surface area (Å²) in [5.41, 5.74) is 4.14. The van der Waals surface area contributed by atoms with E-state index in [-0.39, 0.29) is 0 Å². The maximum absolute atomic E-state index is 10.9. The van der Waals surface area contributed by atoms with Gasteiger partial charge in [0, 0.05) is 18.7 Å². The molecule has 2 aromatic carbocycles. The average Bonchev–Trinajstić information content (AvgIpc) is 3.06. The molecule has 0 saturated heterocycles. The van der Waals surface area contributed by atoms with Crippen molar-refractivity contribution in [2.45, 2.75) is 26.6 Å². The largest absolute Gasteiger partial charge is 0.478 e. The zero-order valence-electron chi connectivity index (χ0n) is 14.0. The highest BCUT2D eigenvalue weighted by Crippen LogP contribution is 2.20. The minimum atomic E-state index is -0.914. The Bertz CT molecular complexity index is 842. The molecule has 3 rings (SSSR count). The molecule has 0 aliphatic rings. The summed E-state index contributed by atoms with van der Waals surface area (Å²) >= 11 is 0. The fraction of sp³-hybridized carbons (Fsp3) is 0.211. The van der Waals surface area contributed by atoms with Crippen molar-refractivity contribution in [1.29, 1.82) is 0 Å². The van der Waals surface area contributed by atoms with Gasteiger partial charge < -0.3 is 10.4 Å². The van der Waals surface area contributed by atoms with E-state index in [1.165, 1.54) is 0 Å². The SMILES string of the molecule is CCn1nc(CNCc2ccc(C(=O)O)cc2)c(-c2ccccc2)n1. The van der Waals surface area contributed by atoms with Crippen molar-refractivity contribution in [2.75, 3.05) is 0 Å². The summed E-state index contributed by atoms with van der Waals surface area (Å²) in [6.45, 7) is 3.95. The van der Waals surface area contributed by atoms with Crippen molar-refractivity contribution in [2.24, 2.45) is 0 Å². The summed E-state index contributed by atoms with van der Waals surface area (Å²) in [5.74, 6) is -0.914. The van der Waals surface area contributed by atoms with Crippen LogP contribution in [0.5, 0.6) is 0 Å². The topological polar surface area (TPSA) is 80.0 Å². The zero-order valence-corrected chi connectivity index (χ0v) is 14.0. The van der Waals surface area contributed by atoms with Crippen LogP contribution < -0.4 is 5.32 Å². The van der Waals surface area contributed by atoms with Crippen LogP contribution in [-0.2, 0) is 19.6 Å². The van der Waals surface area contributed by atoms with Crippen LogP contribution in [0.25, 0.3) is 11.3 Å². The number of aryl methyl sites for hydroxylation is 1. The van der Waals surface area contributed by atoms with Gasteiger partial charge in [-0.3, -0.25) is 0 Å². The third-order valence-corrected chi connectivity index (χ3v) is 3.88. The first-order chi connectivity index (χ1) is 12.2. The molecule has 0 aliphatic heterocycles. The maximum Gasteiger partial charge on any atom is 0.335 e. The lowest BCUT2D eigenvalue weighted by Crippen LogP contribution is -2.14. The van der Waals surface area contributed by atoms with Gasteiger partial charge in [0.1, 0.15) is 11.4 Å². The van der Waals surface area contributed by atoms with Crippen molar-refractivity contribution in [3.05, 3.63) is 71.4 Å². The third-order valence-electron chi connectivity index (χ3n) is 3.88. The Balaban J connectivity index is 1.68. The van der Waals surface area contributed by atoms with Crippen LogP contribution in [0.15, 0.2) is 54.6 Å². The molecular formula is C19H20N4O2. The van der Waals surface area contributed by atoms with Crippen molar-refractivity contribution in [3.8, 4) is 11.3 Å². The number of aromatic nitrogens is 3. The summed E-state index contributed by atoms with van der Waals surface area (Å²) in [4.78, 5) is 12.6. The smallest absolute Gasteiger partial charge is 0.335 e. The minimum absolute atomic E-state index is 0.293. The van der Waals surface area contributed by atoms with Gasteiger partial charge in [0.05, 0.1) is 12.1 Å². The Morgan fingerprint density at radius 3 is 2.40 bits per heavy atom. The molecule has 0 fully saturated rings. The molecule has 0 unspecified atom stereocenters. The van der Waals surface area contributed by atoms with Gasteiger partial charge in [-0.1, -0.05) is 42.5 Å². The molecule has 1 heterocycles. The van der Waals surface area contributed by atoms with Gasteiger partial charge in [0.15, 0.2) is 0 Å². The molecule has 0 bridgehead atoms. The van der Waals surface area contributed by atoms with Crippen LogP contribution in [0.4, 0.5) is 0 Å². The molecule has 0 spiro atoms. The summed E-state index contributed by atoms with van der Waals surface area (Å²) < 4.78 is 0. The van der Waals surface area contributed by atoms with Gasteiger partial charge in [0.25, 0.3) is 0 Å². The third kappa shape index (κ3) is 4.10. The number of nitrogens with zero attached hydrogens (tertiary/aromatic N) is 3. The molecule has 0 amide bonds. The molecule has 1 aromatic heterocycles. The first-order valence-electron chi connectivity index (χ1n) is 8.19. The predicted molar refractivity (Wildman–Crippen MR) is 95.1 cm³/mol. The van der Waals surface area contributed by atoms with E-state index >= 15 is 0 Å². The summed E-state index contributed by atoms with van der Waals surface area (Å²) in [6, 6.07) is 16.9. The van der Waals surface area contributed by atoms with Crippen LogP contribution in [0.3, 0.4) is 0 Å². The van der Waals surface area contributed by atoms with E-state index in [4.69, 9.17) is 5.11 Å². The van der Waals surface area contributed by atoms with Gasteiger partial charge in [-0.25, -0.2) is 4.79 Å². The van der Waals surface area contributed by atoms with E-state index in [0.29, 0.717) is 18.7 Å². The number of hydrogen-bond acceptors (Lipinski definition) is 4. The molecular weight excluding hydrogens is 316 g/mol. The molecule has 6 heteroatoms. The Morgan fingerprint density at radius 1 is 1.04 bits per heavy atom. The van der Waals surface area contributed by atoms with Crippen LogP contribution >= 0.6 is 0 Å². The Hall–Kier alpha value is -2.99. The number of rotatable bonds is 7. The number of carboxylic acids is 1. The van der Waals surface area contributed by atoms with E-state index in [2.05, 4.69) is 15.5 Å². The molecule has 0 atom stereocenters. The monoisotopic (exact) mass is 336 g/mol. The van der Waals surface area contributed by atoms with E-state index in [1.54, 1.807) is 16.9 Å². The van der Waals surface area contributed by atoms with Gasteiger partial charge in [0.2, 0.25) is 0 Å². The highest BCUT2D eigenvalue weighted by atomic mass is 16.4. The summed E-state index contributed by atoms with van der Waals surface area (Å²) in [6.07, 6.45) is 0. The van der Waals surface area contributed by atoms with Crippen molar-refractivity contribution in [1.82, 2.24) is 20.3 Å². The molecule has 2 N–H and O–H groups in total. The molecule has 0 radical (unpaired) electrons. The second-order valence-electron chi connectivity index (χ2n) is 5.66. The summed E-state index contributed by atoms with van der Waals surface area (Å²) in [7, 11) is 0. The number of hydrogen-bond donors (Lipinski definition) is 2. The second kappa shape index (κ2) is 7.72. The lowest BCUT2D eigenvalue weighted by Gasteiger charge is -2.05. The van der Waals surface area contributed by atoms with Crippen LogP contribution in [0.1, 0.15) is 28.5 Å². The van der Waals surface area contributed by atoms with Crippen molar-refractivity contribution < 1.29 is 9.90 Å². The van der Waals surface area contributed by atoms with Crippen LogP contribution in [0.2, 0.25) is 0 Å². The molecule has 128 valence electrons. The highest BCUT2D eigenvalue weighted by Gasteiger charge is 2.12. The first kappa shape index (κ1) is 16.9. The fourth-order valence-electron chi connectivity index (χ4n) is 2.55. The van der Waals surface area contributed by atoms with E-state index in [1.807, 2.05) is 49.4 Å². The van der Waals surface area contributed by atoms with Gasteiger partial charge >= 0.3 is 5.97 Å². The number of carbonyl (C=O) groups is 1. The van der Waals surface area contributed by atoms with E-state index < -0.39 is 5.97 Å². The number of benzene rings is 2. The highest BCUT2D eigenvalue weighted by molar-refractivity contribution is 5.87. The molecule has 6 nitrogen and oxygen atoms in total. The van der Waals surface area contributed by atoms with E-state index in [0.717, 1.165) is 29.1 Å².